The van der Waals surface area contributed by atoms with E-state index in [0.29, 0.717) is 0 Å². The van der Waals surface area contributed by atoms with Crippen molar-refractivity contribution in [3.63, 3.8) is 0 Å². The first-order valence-corrected chi connectivity index (χ1v) is 8.80. The van der Waals surface area contributed by atoms with Crippen molar-refractivity contribution in [2.45, 2.75) is 19.0 Å². The summed E-state index contributed by atoms with van der Waals surface area (Å²) in [6, 6.07) is 7.51. The molecular formula is C20H17F3N4O3. The van der Waals surface area contributed by atoms with Gasteiger partial charge < -0.3 is 20.5 Å². The first-order chi connectivity index (χ1) is 14.2. The maximum absolute atomic E-state index is 13.8. The van der Waals surface area contributed by atoms with E-state index in [4.69, 9.17) is 20.5 Å². The van der Waals surface area contributed by atoms with Crippen molar-refractivity contribution in [1.29, 1.82) is 5.26 Å². The van der Waals surface area contributed by atoms with Gasteiger partial charge in [0.2, 0.25) is 11.8 Å². The fourth-order valence-corrected chi connectivity index (χ4v) is 3.40. The van der Waals surface area contributed by atoms with Gasteiger partial charge >= 0.3 is 6.18 Å². The summed E-state index contributed by atoms with van der Waals surface area (Å²) in [5.74, 6) is -2.37. The lowest BCUT2D eigenvalue weighted by atomic mass is 9.79. The zero-order valence-corrected chi connectivity index (χ0v) is 16.0. The van der Waals surface area contributed by atoms with Crippen molar-refractivity contribution in [3.8, 4) is 17.7 Å². The number of primary amides is 1. The number of ether oxygens (including phenoxy) is 2. The van der Waals surface area contributed by atoms with E-state index in [1.807, 2.05) is 6.07 Å². The fraction of sp³-hybridized carbons (Fsp3) is 0.250. The summed E-state index contributed by atoms with van der Waals surface area (Å²) in [5.41, 5.74) is 4.18. The first-order valence-electron chi connectivity index (χ1n) is 8.80. The highest BCUT2D eigenvalue weighted by Gasteiger charge is 2.46. The first kappa shape index (κ1) is 21.0. The third-order valence-electron chi connectivity index (χ3n) is 4.56. The molecule has 10 heteroatoms. The Hall–Kier alpha value is -3.74. The average Bonchev–Trinajstić information content (AvgIpc) is 2.71. The van der Waals surface area contributed by atoms with Gasteiger partial charge in [0.25, 0.3) is 0 Å². The highest BCUT2D eigenvalue weighted by Crippen LogP contribution is 2.50. The second-order valence-corrected chi connectivity index (χ2v) is 6.29. The Balaban J connectivity index is 2.41. The smallest absolute Gasteiger partial charge is 0.431 e. The Morgan fingerprint density at radius 1 is 1.37 bits per heavy atom. The summed E-state index contributed by atoms with van der Waals surface area (Å²) in [6.07, 6.45) is -3.58. The van der Waals surface area contributed by atoms with Crippen molar-refractivity contribution in [1.82, 2.24) is 4.98 Å². The lowest BCUT2D eigenvalue weighted by molar-refractivity contribution is -0.116. The van der Waals surface area contributed by atoms with E-state index in [1.54, 1.807) is 6.92 Å². The topological polar surface area (TPSA) is 110 Å². The third kappa shape index (κ3) is 3.61. The van der Waals surface area contributed by atoms with Crippen LogP contribution in [0.4, 0.5) is 18.9 Å². The van der Waals surface area contributed by atoms with Gasteiger partial charge in [-0.2, -0.15) is 18.4 Å². The summed E-state index contributed by atoms with van der Waals surface area (Å²) in [7, 11) is 1.31. The lowest BCUT2D eigenvalue weighted by Crippen LogP contribution is -2.34. The quantitative estimate of drug-likeness (QED) is 0.772. The number of fused-ring (bicyclic) bond motifs is 1. The molecule has 1 amide bonds. The molecule has 156 valence electrons. The van der Waals surface area contributed by atoms with E-state index in [9.17, 15) is 18.0 Å². The van der Waals surface area contributed by atoms with Crippen LogP contribution in [0.5, 0.6) is 11.6 Å². The summed E-state index contributed by atoms with van der Waals surface area (Å²) < 4.78 is 52.3. The Morgan fingerprint density at radius 3 is 2.67 bits per heavy atom. The molecule has 2 heterocycles. The molecule has 1 aliphatic rings. The number of alkyl halides is 3. The number of aromatic nitrogens is 1. The highest BCUT2D eigenvalue weighted by molar-refractivity contribution is 5.98. The molecule has 0 bridgehead atoms. The molecule has 0 saturated heterocycles. The van der Waals surface area contributed by atoms with Crippen LogP contribution >= 0.6 is 0 Å². The van der Waals surface area contributed by atoms with Crippen molar-refractivity contribution < 1.29 is 27.4 Å². The number of hydrogen-bond acceptors (Lipinski definition) is 6. The van der Waals surface area contributed by atoms with Crippen molar-refractivity contribution >= 4 is 11.6 Å². The van der Waals surface area contributed by atoms with Gasteiger partial charge in [-0.05, 0) is 25.1 Å². The molecule has 0 spiro atoms. The van der Waals surface area contributed by atoms with Crippen LogP contribution in [0.15, 0.2) is 41.7 Å². The Morgan fingerprint density at radius 2 is 2.10 bits per heavy atom. The fourth-order valence-electron chi connectivity index (χ4n) is 3.40. The second-order valence-electron chi connectivity index (χ2n) is 6.29. The summed E-state index contributed by atoms with van der Waals surface area (Å²) in [6.45, 7) is 1.89. The van der Waals surface area contributed by atoms with Gasteiger partial charge in [0, 0.05) is 17.4 Å². The van der Waals surface area contributed by atoms with Crippen LogP contribution in [0.1, 0.15) is 29.5 Å². The van der Waals surface area contributed by atoms with Crippen LogP contribution < -0.4 is 20.5 Å². The number of allylic oxidation sites excluding steroid dienone is 1. The maximum atomic E-state index is 13.8. The van der Waals surface area contributed by atoms with Gasteiger partial charge in [0.1, 0.15) is 11.4 Å². The van der Waals surface area contributed by atoms with Gasteiger partial charge in [-0.15, -0.1) is 0 Å². The molecule has 0 fully saturated rings. The van der Waals surface area contributed by atoms with E-state index in [1.165, 1.54) is 37.6 Å². The van der Waals surface area contributed by atoms with Crippen LogP contribution in [-0.2, 0) is 4.79 Å². The number of hydrogen-bond donors (Lipinski definition) is 2. The van der Waals surface area contributed by atoms with E-state index < -0.39 is 29.3 Å². The predicted octanol–water partition coefficient (Wildman–Crippen LogP) is 3.22. The molecule has 3 N–H and O–H groups in total. The van der Waals surface area contributed by atoms with Crippen molar-refractivity contribution in [2.24, 2.45) is 5.73 Å². The SMILES string of the molecule is CCOc1nccc2c1C(c1ccc(C#N)cc1OC)C(C(N)=O)=C(C(F)(F)F)N2. The van der Waals surface area contributed by atoms with Gasteiger partial charge in [-0.25, -0.2) is 4.98 Å². The number of amides is 1. The number of benzene rings is 1. The molecule has 3 rings (SSSR count). The molecule has 0 saturated carbocycles. The summed E-state index contributed by atoms with van der Waals surface area (Å²) >= 11 is 0. The average molecular weight is 418 g/mol. The number of rotatable bonds is 5. The van der Waals surface area contributed by atoms with E-state index in [2.05, 4.69) is 10.3 Å². The number of nitrogens with one attached hydrogen (secondary N) is 1. The lowest BCUT2D eigenvalue weighted by Gasteiger charge is -2.32. The zero-order valence-electron chi connectivity index (χ0n) is 16.0. The molecule has 1 aliphatic heterocycles. The van der Waals surface area contributed by atoms with Crippen LogP contribution in [0, 0.1) is 11.3 Å². The minimum absolute atomic E-state index is 0.0545. The number of nitrogens with zero attached hydrogens (tertiary/aromatic N) is 2. The minimum Gasteiger partial charge on any atom is -0.496 e. The molecular weight excluding hydrogens is 401 g/mol. The van der Waals surface area contributed by atoms with E-state index in [-0.39, 0.29) is 40.6 Å². The molecule has 1 atom stereocenters. The van der Waals surface area contributed by atoms with Crippen LogP contribution in [0.2, 0.25) is 0 Å². The number of carbonyl (C=O) groups is 1. The predicted molar refractivity (Wildman–Crippen MR) is 101 cm³/mol. The molecule has 2 aromatic rings. The molecule has 1 aromatic heterocycles. The Labute approximate surface area is 169 Å². The normalized spacial score (nSPS) is 15.7. The van der Waals surface area contributed by atoms with Crippen LogP contribution in [0.3, 0.4) is 0 Å². The minimum atomic E-state index is -4.88. The van der Waals surface area contributed by atoms with Gasteiger partial charge in [0.05, 0.1) is 42.4 Å². The molecule has 1 aromatic carbocycles. The zero-order chi connectivity index (χ0) is 22.1. The molecule has 7 nitrogen and oxygen atoms in total. The Bertz CT molecular complexity index is 1070. The standard InChI is InChI=1S/C20H17F3N4O3/c1-3-30-19-15-12(6-7-26-19)27-17(20(21,22)23)16(18(25)28)14(15)11-5-4-10(9-24)8-13(11)29-2/h4-8,14,27H,3H2,1-2H3,(H2,25,28). The monoisotopic (exact) mass is 418 g/mol. The molecule has 1 unspecified atom stereocenters. The largest absolute Gasteiger partial charge is 0.496 e. The maximum Gasteiger partial charge on any atom is 0.431 e. The molecule has 30 heavy (non-hydrogen) atoms. The van der Waals surface area contributed by atoms with Gasteiger partial charge in [-0.1, -0.05) is 6.07 Å². The van der Waals surface area contributed by atoms with E-state index >= 15 is 0 Å². The van der Waals surface area contributed by atoms with E-state index in [0.717, 1.165) is 0 Å². The summed E-state index contributed by atoms with van der Waals surface area (Å²) in [4.78, 5) is 16.4. The van der Waals surface area contributed by atoms with Gasteiger partial charge in [0.15, 0.2) is 0 Å². The van der Waals surface area contributed by atoms with Crippen molar-refractivity contribution in [2.75, 3.05) is 19.0 Å². The number of pyridine rings is 1. The number of methoxy groups -OCH3 is 1. The number of nitriles is 1. The van der Waals surface area contributed by atoms with Gasteiger partial charge in [-0.3, -0.25) is 4.79 Å². The number of halogens is 3. The second kappa shape index (κ2) is 7.94. The molecule has 0 radical (unpaired) electrons. The number of anilines is 1. The molecule has 0 aliphatic carbocycles. The number of nitrogens with two attached hydrogens (primary N) is 1. The Kier molecular flexibility index (Phi) is 5.56. The highest BCUT2D eigenvalue weighted by atomic mass is 19.4. The van der Waals surface area contributed by atoms with Crippen molar-refractivity contribution in [3.05, 3.63) is 58.4 Å². The summed E-state index contributed by atoms with van der Waals surface area (Å²) in [5, 5.41) is 11.4. The number of carbonyl (C=O) groups excluding carboxylic acids is 1. The van der Waals surface area contributed by atoms with Crippen LogP contribution in [-0.4, -0.2) is 30.8 Å². The van der Waals surface area contributed by atoms with Crippen LogP contribution in [0.25, 0.3) is 0 Å². The third-order valence-corrected chi connectivity index (χ3v) is 4.56.